The van der Waals surface area contributed by atoms with Crippen LogP contribution in [-0.4, -0.2) is 9.55 Å². The van der Waals surface area contributed by atoms with Crippen LogP contribution in [0.1, 0.15) is 30.1 Å². The van der Waals surface area contributed by atoms with Gasteiger partial charge in [-0.05, 0) is 25.7 Å². The van der Waals surface area contributed by atoms with Gasteiger partial charge in [-0.15, -0.1) is 6.42 Å². The van der Waals surface area contributed by atoms with Crippen LogP contribution in [0.15, 0.2) is 0 Å². The molecule has 0 unspecified atom stereocenters. The molecule has 2 heteroatoms. The van der Waals surface area contributed by atoms with Crippen molar-refractivity contribution in [3.05, 3.63) is 17.2 Å². The number of hydrogen-bond donors (Lipinski definition) is 0. The summed E-state index contributed by atoms with van der Waals surface area (Å²) in [5.74, 6) is 3.79. The molecule has 1 aromatic rings. The van der Waals surface area contributed by atoms with Crippen LogP contribution in [-0.2, 0) is 13.0 Å². The van der Waals surface area contributed by atoms with Crippen LogP contribution < -0.4 is 0 Å². The van der Waals surface area contributed by atoms with Crippen LogP contribution in [0.3, 0.4) is 0 Å². The first-order valence-corrected chi connectivity index (χ1v) is 4.35. The molecule has 0 amide bonds. The first-order chi connectivity index (χ1) is 5.83. The summed E-state index contributed by atoms with van der Waals surface area (Å²) in [5.41, 5.74) is 1.99. The maximum Gasteiger partial charge on any atom is 0.134 e. The Morgan fingerprint density at radius 2 is 2.33 bits per heavy atom. The molecule has 0 bridgehead atoms. The van der Waals surface area contributed by atoms with E-state index in [1.807, 2.05) is 0 Å². The predicted octanol–water partition coefficient (Wildman–Crippen LogP) is 1.51. The van der Waals surface area contributed by atoms with Gasteiger partial charge in [-0.3, -0.25) is 0 Å². The van der Waals surface area contributed by atoms with E-state index in [0.717, 1.165) is 24.4 Å². The maximum absolute atomic E-state index is 5.34. The monoisotopic (exact) mass is 160 g/mol. The Morgan fingerprint density at radius 1 is 1.50 bits per heavy atom. The fourth-order valence-corrected chi connectivity index (χ4v) is 1.77. The number of nitrogens with zero attached hydrogens (tertiary/aromatic N) is 2. The number of imidazole rings is 1. The zero-order valence-corrected chi connectivity index (χ0v) is 7.30. The van der Waals surface area contributed by atoms with E-state index in [1.165, 1.54) is 18.7 Å². The van der Waals surface area contributed by atoms with E-state index in [4.69, 9.17) is 6.42 Å². The molecule has 0 radical (unpaired) electrons. The van der Waals surface area contributed by atoms with Crippen molar-refractivity contribution in [3.63, 3.8) is 0 Å². The van der Waals surface area contributed by atoms with Gasteiger partial charge in [0.25, 0.3) is 0 Å². The van der Waals surface area contributed by atoms with E-state index in [0.29, 0.717) is 0 Å². The van der Waals surface area contributed by atoms with Gasteiger partial charge in [-0.2, -0.15) is 0 Å². The molecule has 0 aromatic carbocycles. The Bertz CT molecular complexity index is 341. The zero-order chi connectivity index (χ0) is 8.55. The third-order valence-corrected chi connectivity index (χ3v) is 2.47. The van der Waals surface area contributed by atoms with Gasteiger partial charge in [0.2, 0.25) is 0 Å². The number of fused-ring (bicyclic) bond motifs is 1. The largest absolute Gasteiger partial charge is 0.331 e. The fraction of sp³-hybridized carbons (Fsp3) is 0.500. The SMILES string of the molecule is C#Cc1nc2n(c1C)CCCC2. The molecule has 1 aromatic heterocycles. The molecule has 2 nitrogen and oxygen atoms in total. The highest BCUT2D eigenvalue weighted by Gasteiger charge is 2.14. The van der Waals surface area contributed by atoms with Crippen molar-refractivity contribution in [1.82, 2.24) is 9.55 Å². The number of hydrogen-bond acceptors (Lipinski definition) is 1. The van der Waals surface area contributed by atoms with Gasteiger partial charge < -0.3 is 4.57 Å². The second-order valence-electron chi connectivity index (χ2n) is 3.22. The normalized spacial score (nSPS) is 15.3. The number of aromatic nitrogens is 2. The third-order valence-electron chi connectivity index (χ3n) is 2.47. The standard InChI is InChI=1S/C10H12N2/c1-3-9-8(2)12-7-5-4-6-10(12)11-9/h1H,4-7H2,2H3. The van der Waals surface area contributed by atoms with Crippen LogP contribution in [0.25, 0.3) is 0 Å². The highest BCUT2D eigenvalue weighted by Crippen LogP contribution is 2.18. The average molecular weight is 160 g/mol. The van der Waals surface area contributed by atoms with E-state index in [2.05, 4.69) is 22.4 Å². The maximum atomic E-state index is 5.34. The van der Waals surface area contributed by atoms with Crippen molar-refractivity contribution in [1.29, 1.82) is 0 Å². The molecule has 0 spiro atoms. The Morgan fingerprint density at radius 3 is 3.00 bits per heavy atom. The van der Waals surface area contributed by atoms with Crippen LogP contribution in [0, 0.1) is 19.3 Å². The lowest BCUT2D eigenvalue weighted by Gasteiger charge is -2.14. The Balaban J connectivity index is 2.53. The number of rotatable bonds is 0. The van der Waals surface area contributed by atoms with Crippen LogP contribution in [0.5, 0.6) is 0 Å². The minimum atomic E-state index is 0.826. The van der Waals surface area contributed by atoms with Gasteiger partial charge in [-0.25, -0.2) is 4.98 Å². The molecule has 2 rings (SSSR count). The summed E-state index contributed by atoms with van der Waals surface area (Å²) in [6.45, 7) is 3.15. The average Bonchev–Trinajstić information content (AvgIpc) is 2.44. The molecule has 0 N–H and O–H groups in total. The van der Waals surface area contributed by atoms with Crippen molar-refractivity contribution in [2.75, 3.05) is 0 Å². The minimum Gasteiger partial charge on any atom is -0.331 e. The quantitative estimate of drug-likeness (QED) is 0.526. The first-order valence-electron chi connectivity index (χ1n) is 4.35. The zero-order valence-electron chi connectivity index (χ0n) is 7.30. The summed E-state index contributed by atoms with van der Waals surface area (Å²) in [5, 5.41) is 0. The smallest absolute Gasteiger partial charge is 0.134 e. The molecule has 0 saturated heterocycles. The summed E-state index contributed by atoms with van der Waals surface area (Å²) in [6.07, 6.45) is 8.93. The molecule has 2 heterocycles. The van der Waals surface area contributed by atoms with Gasteiger partial charge in [0.1, 0.15) is 11.5 Å². The van der Waals surface area contributed by atoms with E-state index in [1.54, 1.807) is 0 Å². The van der Waals surface area contributed by atoms with E-state index in [9.17, 15) is 0 Å². The van der Waals surface area contributed by atoms with Crippen molar-refractivity contribution >= 4 is 0 Å². The summed E-state index contributed by atoms with van der Waals surface area (Å²) < 4.78 is 2.25. The van der Waals surface area contributed by atoms with Crippen molar-refractivity contribution in [2.45, 2.75) is 32.7 Å². The van der Waals surface area contributed by atoms with Crippen molar-refractivity contribution in [2.24, 2.45) is 0 Å². The van der Waals surface area contributed by atoms with Gasteiger partial charge >= 0.3 is 0 Å². The second kappa shape index (κ2) is 2.67. The summed E-state index contributed by atoms with van der Waals surface area (Å²) in [7, 11) is 0. The second-order valence-corrected chi connectivity index (χ2v) is 3.22. The highest BCUT2D eigenvalue weighted by molar-refractivity contribution is 5.31. The molecule has 62 valence electrons. The summed E-state index contributed by atoms with van der Waals surface area (Å²) in [4.78, 5) is 4.40. The predicted molar refractivity (Wildman–Crippen MR) is 47.8 cm³/mol. The molecular formula is C10H12N2. The molecule has 0 saturated carbocycles. The number of aryl methyl sites for hydroxylation is 1. The van der Waals surface area contributed by atoms with Gasteiger partial charge in [0.15, 0.2) is 0 Å². The van der Waals surface area contributed by atoms with Crippen LogP contribution in [0.4, 0.5) is 0 Å². The van der Waals surface area contributed by atoms with E-state index in [-0.39, 0.29) is 0 Å². The topological polar surface area (TPSA) is 17.8 Å². The molecule has 1 aliphatic rings. The van der Waals surface area contributed by atoms with E-state index >= 15 is 0 Å². The van der Waals surface area contributed by atoms with Crippen molar-refractivity contribution in [3.8, 4) is 12.3 Å². The molecule has 0 atom stereocenters. The Kier molecular flexibility index (Phi) is 1.65. The summed E-state index contributed by atoms with van der Waals surface area (Å²) in [6, 6.07) is 0. The molecule has 12 heavy (non-hydrogen) atoms. The molecular weight excluding hydrogens is 148 g/mol. The lowest BCUT2D eigenvalue weighted by Crippen LogP contribution is -2.11. The van der Waals surface area contributed by atoms with E-state index < -0.39 is 0 Å². The molecule has 0 fully saturated rings. The van der Waals surface area contributed by atoms with Crippen molar-refractivity contribution < 1.29 is 0 Å². The first kappa shape index (κ1) is 7.42. The minimum absolute atomic E-state index is 0.826. The lowest BCUT2D eigenvalue weighted by atomic mass is 10.2. The molecule has 1 aliphatic heterocycles. The lowest BCUT2D eigenvalue weighted by molar-refractivity contribution is 0.514. The Labute approximate surface area is 72.6 Å². The summed E-state index contributed by atoms with van der Waals surface area (Å²) >= 11 is 0. The number of terminal acetylenes is 1. The highest BCUT2D eigenvalue weighted by atomic mass is 15.1. The third kappa shape index (κ3) is 0.937. The van der Waals surface area contributed by atoms with Gasteiger partial charge in [0.05, 0.1) is 5.69 Å². The van der Waals surface area contributed by atoms with Gasteiger partial charge in [-0.1, -0.05) is 0 Å². The Hall–Kier alpha value is -1.23. The van der Waals surface area contributed by atoms with Crippen LogP contribution >= 0.6 is 0 Å². The van der Waals surface area contributed by atoms with Gasteiger partial charge in [0, 0.05) is 13.0 Å². The van der Waals surface area contributed by atoms with Crippen LogP contribution in [0.2, 0.25) is 0 Å². The fourth-order valence-electron chi connectivity index (χ4n) is 1.77. The molecule has 0 aliphatic carbocycles.